The minimum atomic E-state index is -1.66. The molecule has 4 rings (SSSR count). The SMILES string of the molecule is OCC1O[C@H](O[C@@H]2C(CO)O[C@@H](NCc3ccccc3)C(NCc3ccccc3)[C@H]2O)C(O)[C@@H](O)[C@@H]1O. The summed E-state index contributed by atoms with van der Waals surface area (Å²) in [5, 5.41) is 68.2. The van der Waals surface area contributed by atoms with Gasteiger partial charge in [0.15, 0.2) is 6.29 Å². The summed E-state index contributed by atoms with van der Waals surface area (Å²) >= 11 is 0. The van der Waals surface area contributed by atoms with Crippen LogP contribution in [0.15, 0.2) is 60.7 Å². The number of nitrogens with one attached hydrogen (secondary N) is 2. The van der Waals surface area contributed by atoms with Crippen molar-refractivity contribution in [3.63, 3.8) is 0 Å². The lowest BCUT2D eigenvalue weighted by atomic mass is 9.94. The average Bonchev–Trinajstić information content (AvgIpc) is 2.93. The van der Waals surface area contributed by atoms with Gasteiger partial charge in [-0.1, -0.05) is 60.7 Å². The molecule has 2 aromatic carbocycles. The van der Waals surface area contributed by atoms with Gasteiger partial charge in [0.1, 0.15) is 49.0 Å². The molecular formula is C26H36N2O9. The molecule has 2 heterocycles. The first-order chi connectivity index (χ1) is 17.9. The van der Waals surface area contributed by atoms with E-state index in [0.29, 0.717) is 13.1 Å². The highest BCUT2D eigenvalue weighted by molar-refractivity contribution is 5.16. The van der Waals surface area contributed by atoms with Crippen molar-refractivity contribution < 1.29 is 44.8 Å². The smallest absolute Gasteiger partial charge is 0.187 e. The molecular weight excluding hydrogens is 484 g/mol. The van der Waals surface area contributed by atoms with Crippen LogP contribution in [0.2, 0.25) is 0 Å². The van der Waals surface area contributed by atoms with Gasteiger partial charge in [0.2, 0.25) is 0 Å². The predicted molar refractivity (Wildman–Crippen MR) is 131 cm³/mol. The minimum Gasteiger partial charge on any atom is -0.394 e. The molecule has 0 bridgehead atoms. The summed E-state index contributed by atoms with van der Waals surface area (Å²) in [4.78, 5) is 0. The van der Waals surface area contributed by atoms with Crippen molar-refractivity contribution >= 4 is 0 Å². The van der Waals surface area contributed by atoms with Crippen LogP contribution in [-0.2, 0) is 27.3 Å². The van der Waals surface area contributed by atoms with Crippen molar-refractivity contribution in [1.29, 1.82) is 0 Å². The zero-order chi connectivity index (χ0) is 26.4. The maximum absolute atomic E-state index is 11.4. The van der Waals surface area contributed by atoms with Crippen LogP contribution in [-0.4, -0.2) is 105 Å². The van der Waals surface area contributed by atoms with E-state index < -0.39 is 74.5 Å². The van der Waals surface area contributed by atoms with E-state index in [4.69, 9.17) is 14.2 Å². The molecule has 4 unspecified atom stereocenters. The third-order valence-electron chi connectivity index (χ3n) is 6.77. The summed E-state index contributed by atoms with van der Waals surface area (Å²) in [5.41, 5.74) is 1.98. The second kappa shape index (κ2) is 13.2. The lowest BCUT2D eigenvalue weighted by Gasteiger charge is -2.47. The molecule has 2 aromatic rings. The fraction of sp³-hybridized carbons (Fsp3) is 0.538. The monoisotopic (exact) mass is 520 g/mol. The van der Waals surface area contributed by atoms with Crippen LogP contribution in [0.4, 0.5) is 0 Å². The molecule has 0 amide bonds. The van der Waals surface area contributed by atoms with Crippen LogP contribution in [0.3, 0.4) is 0 Å². The molecule has 0 radical (unpaired) electrons. The molecule has 0 aliphatic carbocycles. The van der Waals surface area contributed by atoms with E-state index in [9.17, 15) is 30.6 Å². The normalized spacial score (nSPS) is 36.4. The number of aliphatic hydroxyl groups is 6. The topological polar surface area (TPSA) is 173 Å². The van der Waals surface area contributed by atoms with Crippen LogP contribution in [0.25, 0.3) is 0 Å². The standard InChI is InChI=1S/C26H36N2O9/c29-13-17-20(31)22(33)23(34)26(36-17)37-24-18(14-30)35-25(28-12-16-9-5-2-6-10-16)19(21(24)32)27-11-15-7-3-1-4-8-15/h1-10,17-34H,11-14H2/t17?,18?,19?,20-,21-,22+,23?,24-,25-,26-/m1/s1. The van der Waals surface area contributed by atoms with Crippen LogP contribution < -0.4 is 10.6 Å². The van der Waals surface area contributed by atoms with Crippen molar-refractivity contribution in [2.45, 2.75) is 74.4 Å². The maximum atomic E-state index is 11.4. The molecule has 11 nitrogen and oxygen atoms in total. The van der Waals surface area contributed by atoms with Gasteiger partial charge in [-0.15, -0.1) is 0 Å². The Morgan fingerprint density at radius 1 is 0.649 bits per heavy atom. The molecule has 8 N–H and O–H groups in total. The van der Waals surface area contributed by atoms with Crippen molar-refractivity contribution in [2.75, 3.05) is 13.2 Å². The molecule has 0 aromatic heterocycles. The van der Waals surface area contributed by atoms with E-state index in [1.54, 1.807) is 0 Å². The van der Waals surface area contributed by atoms with Crippen molar-refractivity contribution in [1.82, 2.24) is 10.6 Å². The van der Waals surface area contributed by atoms with Crippen LogP contribution in [0.5, 0.6) is 0 Å². The Balaban J connectivity index is 1.52. The van der Waals surface area contributed by atoms with Gasteiger partial charge in [-0.05, 0) is 11.1 Å². The molecule has 2 fully saturated rings. The quantitative estimate of drug-likeness (QED) is 0.178. The molecule has 2 saturated heterocycles. The Morgan fingerprint density at radius 3 is 1.78 bits per heavy atom. The van der Waals surface area contributed by atoms with Gasteiger partial charge >= 0.3 is 0 Å². The third-order valence-corrected chi connectivity index (χ3v) is 6.77. The summed E-state index contributed by atoms with van der Waals surface area (Å²) in [6.45, 7) is -0.275. The number of hydrogen-bond donors (Lipinski definition) is 8. The van der Waals surface area contributed by atoms with Gasteiger partial charge in [0.05, 0.1) is 19.3 Å². The fourth-order valence-corrected chi connectivity index (χ4v) is 4.65. The van der Waals surface area contributed by atoms with Gasteiger partial charge in [-0.3, -0.25) is 5.32 Å². The van der Waals surface area contributed by atoms with E-state index in [0.717, 1.165) is 11.1 Å². The Bertz CT molecular complexity index is 938. The molecule has 2 aliphatic rings. The second-order valence-corrected chi connectivity index (χ2v) is 9.33. The molecule has 204 valence electrons. The Morgan fingerprint density at radius 2 is 1.22 bits per heavy atom. The number of hydrogen-bond acceptors (Lipinski definition) is 11. The van der Waals surface area contributed by atoms with Crippen LogP contribution in [0.1, 0.15) is 11.1 Å². The largest absolute Gasteiger partial charge is 0.394 e. The highest BCUT2D eigenvalue weighted by Gasteiger charge is 2.50. The van der Waals surface area contributed by atoms with Crippen molar-refractivity contribution in [3.8, 4) is 0 Å². The predicted octanol–water partition coefficient (Wildman–Crippen LogP) is -1.80. The first-order valence-electron chi connectivity index (χ1n) is 12.4. The highest BCUT2D eigenvalue weighted by Crippen LogP contribution is 2.29. The number of benzene rings is 2. The lowest BCUT2D eigenvalue weighted by molar-refractivity contribution is -0.337. The summed E-state index contributed by atoms with van der Waals surface area (Å²) < 4.78 is 17.4. The second-order valence-electron chi connectivity index (χ2n) is 9.33. The molecule has 0 saturated carbocycles. The Labute approximate surface area is 215 Å². The van der Waals surface area contributed by atoms with Gasteiger partial charge in [0, 0.05) is 13.1 Å². The van der Waals surface area contributed by atoms with E-state index in [2.05, 4.69) is 10.6 Å². The summed E-state index contributed by atoms with van der Waals surface area (Å²) in [6, 6.07) is 18.5. The molecule has 2 aliphatic heterocycles. The van der Waals surface area contributed by atoms with Crippen LogP contribution >= 0.6 is 0 Å². The minimum absolute atomic E-state index is 0.409. The highest BCUT2D eigenvalue weighted by atomic mass is 16.7. The van der Waals surface area contributed by atoms with E-state index in [1.165, 1.54) is 0 Å². The molecule has 0 spiro atoms. The third kappa shape index (κ3) is 6.72. The summed E-state index contributed by atoms with van der Waals surface area (Å²) in [5.74, 6) is 0. The number of rotatable bonds is 10. The van der Waals surface area contributed by atoms with Gasteiger partial charge in [0.25, 0.3) is 0 Å². The lowest BCUT2D eigenvalue weighted by Crippen LogP contribution is -2.69. The molecule has 10 atom stereocenters. The number of ether oxygens (including phenoxy) is 3. The number of aliphatic hydroxyl groups excluding tert-OH is 6. The Hall–Kier alpha value is -2.00. The Kier molecular flexibility index (Phi) is 9.98. The van der Waals surface area contributed by atoms with E-state index in [1.807, 2.05) is 60.7 Å². The summed E-state index contributed by atoms with van der Waals surface area (Å²) in [7, 11) is 0. The van der Waals surface area contributed by atoms with Gasteiger partial charge < -0.3 is 50.2 Å². The zero-order valence-electron chi connectivity index (χ0n) is 20.3. The van der Waals surface area contributed by atoms with Crippen LogP contribution in [0, 0.1) is 0 Å². The molecule has 37 heavy (non-hydrogen) atoms. The first-order valence-corrected chi connectivity index (χ1v) is 12.4. The van der Waals surface area contributed by atoms with Crippen molar-refractivity contribution in [2.24, 2.45) is 0 Å². The summed E-state index contributed by atoms with van der Waals surface area (Å²) in [6.07, 6.45) is -11.7. The van der Waals surface area contributed by atoms with E-state index >= 15 is 0 Å². The first kappa shape index (κ1) is 28.0. The van der Waals surface area contributed by atoms with Gasteiger partial charge in [-0.25, -0.2) is 0 Å². The zero-order valence-corrected chi connectivity index (χ0v) is 20.3. The molecule has 11 heteroatoms. The average molecular weight is 521 g/mol. The maximum Gasteiger partial charge on any atom is 0.187 e. The van der Waals surface area contributed by atoms with E-state index in [-0.39, 0.29) is 0 Å². The van der Waals surface area contributed by atoms with Crippen molar-refractivity contribution in [3.05, 3.63) is 71.8 Å². The fourth-order valence-electron chi connectivity index (χ4n) is 4.65. The van der Waals surface area contributed by atoms with Gasteiger partial charge in [-0.2, -0.15) is 0 Å².